The molecule has 0 aliphatic heterocycles. The van der Waals surface area contributed by atoms with Crippen LogP contribution in [0.5, 0.6) is 0 Å². The molecule has 1 heterocycles. The number of nitrogens with zero attached hydrogens (tertiary/aromatic N) is 2. The molecule has 0 aliphatic carbocycles. The zero-order chi connectivity index (χ0) is 12.3. The van der Waals surface area contributed by atoms with E-state index in [0.29, 0.717) is 11.4 Å². The van der Waals surface area contributed by atoms with Crippen LogP contribution in [0.3, 0.4) is 0 Å². The topological polar surface area (TPSA) is 33.2 Å². The predicted octanol–water partition coefficient (Wildman–Crippen LogP) is 2.96. The van der Waals surface area contributed by atoms with Gasteiger partial charge in [0.25, 0.3) is 5.91 Å². The van der Waals surface area contributed by atoms with Crippen molar-refractivity contribution in [2.75, 3.05) is 11.9 Å². The molecule has 0 fully saturated rings. The van der Waals surface area contributed by atoms with E-state index in [4.69, 9.17) is 0 Å². The molecule has 4 heteroatoms. The zero-order valence-corrected chi connectivity index (χ0v) is 11.5. The van der Waals surface area contributed by atoms with Crippen LogP contribution in [0.1, 0.15) is 10.4 Å². The number of benzene rings is 1. The molecule has 1 aromatic heterocycles. The number of aromatic nitrogens is 1. The van der Waals surface area contributed by atoms with Crippen LogP contribution in [0, 0.1) is 3.57 Å². The lowest BCUT2D eigenvalue weighted by atomic mass is 10.2. The van der Waals surface area contributed by atoms with E-state index in [0.717, 1.165) is 3.57 Å². The summed E-state index contributed by atoms with van der Waals surface area (Å²) in [6.07, 6.45) is 1.67. The van der Waals surface area contributed by atoms with Gasteiger partial charge in [0, 0.05) is 22.4 Å². The first-order valence-electron chi connectivity index (χ1n) is 5.13. The third kappa shape index (κ3) is 2.82. The Morgan fingerprint density at radius 1 is 1.24 bits per heavy atom. The Bertz CT molecular complexity index is 528. The van der Waals surface area contributed by atoms with E-state index < -0.39 is 0 Å². The molecule has 0 saturated carbocycles. The molecule has 0 saturated heterocycles. The molecule has 0 N–H and O–H groups in total. The van der Waals surface area contributed by atoms with E-state index in [1.54, 1.807) is 18.1 Å². The van der Waals surface area contributed by atoms with Crippen LogP contribution in [0.25, 0.3) is 0 Å². The van der Waals surface area contributed by atoms with Crippen LogP contribution in [0.4, 0.5) is 5.82 Å². The lowest BCUT2D eigenvalue weighted by molar-refractivity contribution is 0.0992. The second-order valence-corrected chi connectivity index (χ2v) is 4.81. The normalized spacial score (nSPS) is 10.0. The third-order valence-corrected chi connectivity index (χ3v) is 3.04. The molecule has 17 heavy (non-hydrogen) atoms. The zero-order valence-electron chi connectivity index (χ0n) is 9.30. The summed E-state index contributed by atoms with van der Waals surface area (Å²) in [5.41, 5.74) is 0.671. The smallest absolute Gasteiger partial charge is 0.259 e. The van der Waals surface area contributed by atoms with Crippen LogP contribution in [-0.2, 0) is 0 Å². The molecular weight excluding hydrogens is 327 g/mol. The molecule has 0 radical (unpaired) electrons. The van der Waals surface area contributed by atoms with Gasteiger partial charge in [-0.1, -0.05) is 12.1 Å². The fourth-order valence-electron chi connectivity index (χ4n) is 1.47. The highest BCUT2D eigenvalue weighted by atomic mass is 127. The molecule has 0 bridgehead atoms. The van der Waals surface area contributed by atoms with E-state index in [1.165, 1.54) is 0 Å². The SMILES string of the molecule is CN(C(=O)c1cccc(I)c1)c1ccccn1. The molecule has 1 amide bonds. The minimum atomic E-state index is -0.0535. The van der Waals surface area contributed by atoms with Crippen molar-refractivity contribution in [1.29, 1.82) is 0 Å². The Hall–Kier alpha value is -1.43. The van der Waals surface area contributed by atoms with Crippen molar-refractivity contribution < 1.29 is 4.79 Å². The molecule has 2 rings (SSSR count). The number of carbonyl (C=O) groups excluding carboxylic acids is 1. The summed E-state index contributed by atoms with van der Waals surface area (Å²) in [5, 5.41) is 0. The molecule has 86 valence electrons. The Labute approximate surface area is 114 Å². The highest BCUT2D eigenvalue weighted by Crippen LogP contribution is 2.14. The number of hydrogen-bond acceptors (Lipinski definition) is 2. The first kappa shape index (κ1) is 12.0. The number of rotatable bonds is 2. The molecular formula is C13H11IN2O. The predicted molar refractivity (Wildman–Crippen MR) is 76.1 cm³/mol. The number of halogens is 1. The average Bonchev–Trinajstić information content (AvgIpc) is 2.38. The summed E-state index contributed by atoms with van der Waals surface area (Å²) in [7, 11) is 1.73. The molecule has 1 aromatic carbocycles. The number of carbonyl (C=O) groups is 1. The van der Waals surface area contributed by atoms with Gasteiger partial charge in [0.05, 0.1) is 0 Å². The van der Waals surface area contributed by atoms with E-state index >= 15 is 0 Å². The fraction of sp³-hybridized carbons (Fsp3) is 0.0769. The Kier molecular flexibility index (Phi) is 3.73. The van der Waals surface area contributed by atoms with Crippen molar-refractivity contribution in [3.8, 4) is 0 Å². The van der Waals surface area contributed by atoms with Gasteiger partial charge in [-0.05, 0) is 52.9 Å². The summed E-state index contributed by atoms with van der Waals surface area (Å²) in [6.45, 7) is 0. The lowest BCUT2D eigenvalue weighted by Crippen LogP contribution is -2.26. The van der Waals surface area contributed by atoms with Crippen LogP contribution in [-0.4, -0.2) is 17.9 Å². The first-order valence-corrected chi connectivity index (χ1v) is 6.21. The maximum Gasteiger partial charge on any atom is 0.259 e. The number of amides is 1. The summed E-state index contributed by atoms with van der Waals surface area (Å²) in [4.78, 5) is 17.9. The minimum Gasteiger partial charge on any atom is -0.296 e. The Balaban J connectivity index is 2.27. The third-order valence-electron chi connectivity index (χ3n) is 2.37. The monoisotopic (exact) mass is 338 g/mol. The van der Waals surface area contributed by atoms with Gasteiger partial charge < -0.3 is 0 Å². The van der Waals surface area contributed by atoms with Gasteiger partial charge >= 0.3 is 0 Å². The van der Waals surface area contributed by atoms with Crippen LogP contribution in [0.15, 0.2) is 48.7 Å². The number of anilines is 1. The highest BCUT2D eigenvalue weighted by molar-refractivity contribution is 14.1. The molecule has 2 aromatic rings. The van der Waals surface area contributed by atoms with Gasteiger partial charge in [-0.25, -0.2) is 4.98 Å². The highest BCUT2D eigenvalue weighted by Gasteiger charge is 2.13. The van der Waals surface area contributed by atoms with Gasteiger partial charge in [-0.3, -0.25) is 9.69 Å². The second kappa shape index (κ2) is 5.27. The summed E-state index contributed by atoms with van der Waals surface area (Å²) in [6, 6.07) is 13.0. The van der Waals surface area contributed by atoms with Crippen molar-refractivity contribution in [2.24, 2.45) is 0 Å². The van der Waals surface area contributed by atoms with Gasteiger partial charge in [0.1, 0.15) is 5.82 Å². The van der Waals surface area contributed by atoms with Gasteiger partial charge in [-0.15, -0.1) is 0 Å². The maximum atomic E-state index is 12.2. The second-order valence-electron chi connectivity index (χ2n) is 3.56. The van der Waals surface area contributed by atoms with Crippen molar-refractivity contribution in [3.63, 3.8) is 0 Å². The molecule has 3 nitrogen and oxygen atoms in total. The largest absolute Gasteiger partial charge is 0.296 e. The quantitative estimate of drug-likeness (QED) is 0.789. The molecule has 0 spiro atoms. The van der Waals surface area contributed by atoms with Crippen molar-refractivity contribution in [3.05, 3.63) is 57.8 Å². The van der Waals surface area contributed by atoms with Gasteiger partial charge in [0.15, 0.2) is 0 Å². The van der Waals surface area contributed by atoms with Crippen LogP contribution >= 0.6 is 22.6 Å². The molecule has 0 aliphatic rings. The van der Waals surface area contributed by atoms with Crippen molar-refractivity contribution in [2.45, 2.75) is 0 Å². The minimum absolute atomic E-state index is 0.0535. The van der Waals surface area contributed by atoms with E-state index in [9.17, 15) is 4.79 Å². The summed E-state index contributed by atoms with van der Waals surface area (Å²) >= 11 is 2.19. The maximum absolute atomic E-state index is 12.2. The number of pyridine rings is 1. The Morgan fingerprint density at radius 2 is 2.06 bits per heavy atom. The summed E-state index contributed by atoms with van der Waals surface area (Å²) < 4.78 is 1.04. The summed E-state index contributed by atoms with van der Waals surface area (Å²) in [5.74, 6) is 0.596. The van der Waals surface area contributed by atoms with E-state index in [-0.39, 0.29) is 5.91 Å². The van der Waals surface area contributed by atoms with Crippen molar-refractivity contribution >= 4 is 34.3 Å². The molecule has 0 unspecified atom stereocenters. The number of hydrogen-bond donors (Lipinski definition) is 0. The fourth-order valence-corrected chi connectivity index (χ4v) is 2.01. The van der Waals surface area contributed by atoms with Crippen molar-refractivity contribution in [1.82, 2.24) is 4.98 Å². The standard InChI is InChI=1S/C13H11IN2O/c1-16(12-7-2-3-8-15-12)13(17)10-5-4-6-11(14)9-10/h2-9H,1H3. The average molecular weight is 338 g/mol. The first-order chi connectivity index (χ1) is 8.18. The van der Waals surface area contributed by atoms with Crippen LogP contribution < -0.4 is 4.90 Å². The lowest BCUT2D eigenvalue weighted by Gasteiger charge is -2.16. The molecule has 0 atom stereocenters. The van der Waals surface area contributed by atoms with Gasteiger partial charge in [-0.2, -0.15) is 0 Å². The van der Waals surface area contributed by atoms with Gasteiger partial charge in [0.2, 0.25) is 0 Å². The Morgan fingerprint density at radius 3 is 2.71 bits per heavy atom. The van der Waals surface area contributed by atoms with E-state index in [1.807, 2.05) is 42.5 Å². The van der Waals surface area contributed by atoms with E-state index in [2.05, 4.69) is 27.6 Å². The van der Waals surface area contributed by atoms with Crippen LogP contribution in [0.2, 0.25) is 0 Å².